The van der Waals surface area contributed by atoms with Crippen molar-refractivity contribution in [3.63, 3.8) is 0 Å². The van der Waals surface area contributed by atoms with E-state index in [4.69, 9.17) is 0 Å². The van der Waals surface area contributed by atoms with Crippen LogP contribution in [0.25, 0.3) is 0 Å². The zero-order chi connectivity index (χ0) is 29.9. The Morgan fingerprint density at radius 2 is 0.500 bits per heavy atom. The van der Waals surface area contributed by atoms with E-state index in [1.54, 1.807) is 36.4 Å². The van der Waals surface area contributed by atoms with Crippen LogP contribution in [0.2, 0.25) is 0 Å². The number of aromatic nitrogens is 3. The molecule has 10 rings (SSSR count). The molecule has 3 aromatic heterocycles. The molecule has 0 unspecified atom stereocenters. The lowest BCUT2D eigenvalue weighted by atomic mass is 9.74. The molecule has 0 atom stereocenters. The highest BCUT2D eigenvalue weighted by atomic mass is 19.2. The minimum Gasteiger partial charge on any atom is -0.249 e. The van der Waals surface area contributed by atoms with Gasteiger partial charge in [-0.05, 0) is 71.3 Å². The molecule has 212 valence electrons. The minimum absolute atomic E-state index is 0.0300. The second kappa shape index (κ2) is 8.26. The fourth-order valence-corrected chi connectivity index (χ4v) is 7.08. The number of alkyl halides is 4. The zero-order valence-electron chi connectivity index (χ0n) is 23.0. The highest BCUT2D eigenvalue weighted by molar-refractivity contribution is 5.58. The van der Waals surface area contributed by atoms with Crippen molar-refractivity contribution in [3.8, 4) is 0 Å². The monoisotopic (exact) mass is 583 g/mol. The summed E-state index contributed by atoms with van der Waals surface area (Å²) in [5.74, 6) is 0. The Balaban J connectivity index is 1.63. The summed E-state index contributed by atoms with van der Waals surface area (Å²) >= 11 is 0. The molecule has 0 aliphatic carbocycles. The number of rotatable bonds is 0. The van der Waals surface area contributed by atoms with E-state index >= 15 is 17.6 Å². The summed E-state index contributed by atoms with van der Waals surface area (Å²) in [5.41, 5.74) is -10.9. The fourth-order valence-electron chi connectivity index (χ4n) is 7.08. The Bertz CT molecular complexity index is 1660. The second-order valence-electron chi connectivity index (χ2n) is 11.6. The van der Waals surface area contributed by atoms with Crippen molar-refractivity contribution >= 4 is 0 Å². The van der Waals surface area contributed by atoms with E-state index in [-0.39, 0.29) is 67.5 Å². The van der Waals surface area contributed by atoms with Gasteiger partial charge in [-0.2, -0.15) is 0 Å². The molecule has 6 aromatic rings. The van der Waals surface area contributed by atoms with E-state index < -0.39 is 22.7 Å². The summed E-state index contributed by atoms with van der Waals surface area (Å²) in [5, 5.41) is 0. The maximum Gasteiger partial charge on any atom is 0.219 e. The summed E-state index contributed by atoms with van der Waals surface area (Å²) in [4.78, 5) is 13.9. The van der Waals surface area contributed by atoms with Crippen LogP contribution in [0.4, 0.5) is 17.6 Å². The molecule has 3 aromatic carbocycles. The molecule has 7 heteroatoms. The Kier molecular flexibility index (Phi) is 4.76. The Morgan fingerprint density at radius 1 is 0.295 bits per heavy atom. The minimum atomic E-state index is -2.61. The lowest BCUT2D eigenvalue weighted by Gasteiger charge is -2.36. The first-order valence-corrected chi connectivity index (χ1v) is 14.3. The van der Waals surface area contributed by atoms with Crippen LogP contribution >= 0.6 is 0 Å². The van der Waals surface area contributed by atoms with E-state index in [0.29, 0.717) is 0 Å². The third kappa shape index (κ3) is 2.94. The molecule has 0 saturated heterocycles. The van der Waals surface area contributed by atoms with Crippen molar-refractivity contribution in [3.05, 3.63) is 195 Å². The standard InChI is InChI=1S/C37H21F4N3/c38-34-22-7-1-10-25(19-22)35(39)28-13-4-15-30(42-28)36(40,26-11-2-8-23(34)20-26)32-17-6-18-33(44-32)37(41,27-12-3-9-24(34)21-27)31-16-5-14-29(35)43-31/h1-21H. The van der Waals surface area contributed by atoms with Gasteiger partial charge in [0.15, 0.2) is 5.67 Å². The molecule has 0 radical (unpaired) electrons. The van der Waals surface area contributed by atoms with Crippen molar-refractivity contribution in [2.45, 2.75) is 22.7 Å². The molecule has 0 fully saturated rings. The third-order valence-electron chi connectivity index (χ3n) is 9.34. The average molecular weight is 584 g/mol. The van der Waals surface area contributed by atoms with E-state index in [9.17, 15) is 0 Å². The molecule has 0 spiro atoms. The van der Waals surface area contributed by atoms with Gasteiger partial charge in [-0.1, -0.05) is 72.8 Å². The molecule has 0 saturated carbocycles. The fraction of sp³-hybridized carbons (Fsp3) is 0.108. The largest absolute Gasteiger partial charge is 0.249 e. The van der Waals surface area contributed by atoms with Gasteiger partial charge in [0.1, 0.15) is 0 Å². The number of nitrogens with zero attached hydrogens (tertiary/aromatic N) is 3. The number of hydrogen-bond acceptors (Lipinski definition) is 3. The van der Waals surface area contributed by atoms with E-state index in [0.717, 1.165) is 0 Å². The molecule has 4 aliphatic heterocycles. The highest BCUT2D eigenvalue weighted by Gasteiger charge is 2.51. The van der Waals surface area contributed by atoms with Crippen molar-refractivity contribution in [1.29, 1.82) is 0 Å². The molecule has 44 heavy (non-hydrogen) atoms. The number of hydrogen-bond donors (Lipinski definition) is 0. The Morgan fingerprint density at radius 3 is 0.750 bits per heavy atom. The number of benzene rings is 3. The predicted octanol–water partition coefficient (Wildman–Crippen LogP) is 7.86. The van der Waals surface area contributed by atoms with Crippen molar-refractivity contribution in [2.75, 3.05) is 0 Å². The van der Waals surface area contributed by atoms with Crippen LogP contribution in [0.15, 0.2) is 127 Å². The lowest BCUT2D eigenvalue weighted by molar-refractivity contribution is 0.227. The van der Waals surface area contributed by atoms with Gasteiger partial charge in [0.2, 0.25) is 17.0 Å². The first-order chi connectivity index (χ1) is 21.3. The van der Waals surface area contributed by atoms with Crippen LogP contribution in [-0.4, -0.2) is 15.0 Å². The maximum atomic E-state index is 18.4. The van der Waals surface area contributed by atoms with E-state index in [1.807, 2.05) is 0 Å². The molecule has 0 amide bonds. The van der Waals surface area contributed by atoms with Gasteiger partial charge in [-0.25, -0.2) is 32.5 Å². The summed E-state index contributed by atoms with van der Waals surface area (Å²) in [6.07, 6.45) is 0. The number of pyridine rings is 3. The molecule has 7 heterocycles. The van der Waals surface area contributed by atoms with Crippen LogP contribution in [0.5, 0.6) is 0 Å². The molecule has 3 nitrogen and oxygen atoms in total. The van der Waals surface area contributed by atoms with Crippen LogP contribution in [0.1, 0.15) is 67.5 Å². The number of halogens is 4. The molecule has 16 bridgehead atoms. The maximum absolute atomic E-state index is 18.4. The van der Waals surface area contributed by atoms with E-state index in [2.05, 4.69) is 15.0 Å². The normalized spacial score (nSPS) is 27.0. The van der Waals surface area contributed by atoms with Gasteiger partial charge in [0.25, 0.3) is 0 Å². The van der Waals surface area contributed by atoms with Crippen molar-refractivity contribution in [2.24, 2.45) is 0 Å². The van der Waals surface area contributed by atoms with Crippen LogP contribution in [0, 0.1) is 0 Å². The summed E-state index contributed by atoms with van der Waals surface area (Å²) in [7, 11) is 0. The van der Waals surface area contributed by atoms with Crippen LogP contribution in [-0.2, 0) is 22.7 Å². The van der Waals surface area contributed by atoms with Gasteiger partial charge >= 0.3 is 0 Å². The Hall–Kier alpha value is -5.17. The second-order valence-corrected chi connectivity index (χ2v) is 11.6. The topological polar surface area (TPSA) is 38.7 Å². The average Bonchev–Trinajstić information content (AvgIpc) is 3.09. The highest BCUT2D eigenvalue weighted by Crippen LogP contribution is 2.51. The summed E-state index contributed by atoms with van der Waals surface area (Å²) in [6.45, 7) is 0. The molecule has 4 aliphatic rings. The van der Waals surface area contributed by atoms with Gasteiger partial charge in [-0.3, -0.25) is 0 Å². The molecule has 0 N–H and O–H groups in total. The summed E-state index contributed by atoms with van der Waals surface area (Å²) < 4.78 is 73.3. The third-order valence-corrected chi connectivity index (χ3v) is 9.34. The van der Waals surface area contributed by atoms with Gasteiger partial charge < -0.3 is 0 Å². The van der Waals surface area contributed by atoms with E-state index in [1.165, 1.54) is 91.0 Å². The van der Waals surface area contributed by atoms with Crippen molar-refractivity contribution in [1.82, 2.24) is 15.0 Å². The van der Waals surface area contributed by atoms with Gasteiger partial charge in [0.05, 0.1) is 34.2 Å². The smallest absolute Gasteiger partial charge is 0.219 e. The molecular weight excluding hydrogens is 562 g/mol. The first-order valence-electron chi connectivity index (χ1n) is 14.3. The first kappa shape index (κ1) is 25.3. The Labute approximate surface area is 249 Å². The predicted molar refractivity (Wildman–Crippen MR) is 156 cm³/mol. The SMILES string of the molecule is FC12c3cccc(c3)C3(F)c4cccc(n4)C(F)(c4cccc1c4)c1cccc(n1)C(F)(c1cccc2c1)c1cccc3n1. The van der Waals surface area contributed by atoms with Crippen LogP contribution < -0.4 is 0 Å². The molecular formula is C37H21F4N3. The zero-order valence-corrected chi connectivity index (χ0v) is 23.0. The summed E-state index contributed by atoms with van der Waals surface area (Å²) in [6, 6.07) is 31.7. The van der Waals surface area contributed by atoms with Gasteiger partial charge in [-0.15, -0.1) is 0 Å². The lowest BCUT2D eigenvalue weighted by Crippen LogP contribution is -2.36. The van der Waals surface area contributed by atoms with Crippen LogP contribution in [0.3, 0.4) is 0 Å². The van der Waals surface area contributed by atoms with Crippen molar-refractivity contribution < 1.29 is 17.6 Å². The quantitative estimate of drug-likeness (QED) is 0.171. The van der Waals surface area contributed by atoms with Gasteiger partial charge in [0, 0.05) is 16.7 Å².